The van der Waals surface area contributed by atoms with Crippen LogP contribution in [0, 0.1) is 0 Å². The fourth-order valence-corrected chi connectivity index (χ4v) is 4.13. The zero-order valence-corrected chi connectivity index (χ0v) is 18.7. The highest BCUT2D eigenvalue weighted by atomic mass is 16.5. The van der Waals surface area contributed by atoms with Crippen LogP contribution >= 0.6 is 0 Å². The van der Waals surface area contributed by atoms with E-state index in [9.17, 15) is 24.3 Å². The Kier molecular flexibility index (Phi) is 6.78. The molecular weight excluding hydrogens is 442 g/mol. The zero-order chi connectivity index (χ0) is 24.2. The number of esters is 1. The van der Waals surface area contributed by atoms with Gasteiger partial charge in [0.25, 0.3) is 5.56 Å². The monoisotopic (exact) mass is 467 g/mol. The van der Waals surface area contributed by atoms with Crippen molar-refractivity contribution in [2.45, 2.75) is 18.9 Å². The average Bonchev–Trinajstić information content (AvgIpc) is 2.85. The van der Waals surface area contributed by atoms with E-state index in [-0.39, 0.29) is 30.0 Å². The van der Waals surface area contributed by atoms with Gasteiger partial charge in [0.2, 0.25) is 17.6 Å². The normalized spacial score (nSPS) is 15.3. The Morgan fingerprint density at radius 3 is 2.65 bits per heavy atom. The van der Waals surface area contributed by atoms with Crippen molar-refractivity contribution >= 4 is 23.3 Å². The number of amides is 1. The van der Waals surface area contributed by atoms with Crippen molar-refractivity contribution in [2.75, 3.05) is 33.3 Å². The van der Waals surface area contributed by atoms with Crippen molar-refractivity contribution in [1.29, 1.82) is 0 Å². The summed E-state index contributed by atoms with van der Waals surface area (Å²) in [5.41, 5.74) is -0.360. The minimum absolute atomic E-state index is 0.166. The van der Waals surface area contributed by atoms with Gasteiger partial charge in [0.15, 0.2) is 5.76 Å². The van der Waals surface area contributed by atoms with E-state index in [1.54, 1.807) is 29.2 Å². The quantitative estimate of drug-likeness (QED) is 0.391. The molecule has 1 saturated heterocycles. The minimum Gasteiger partial charge on any atom is -0.502 e. The Balaban J connectivity index is 1.75. The summed E-state index contributed by atoms with van der Waals surface area (Å²) >= 11 is 0. The molecule has 0 radical (unpaired) electrons. The molecule has 3 heterocycles. The van der Waals surface area contributed by atoms with Gasteiger partial charge in [-0.1, -0.05) is 18.2 Å². The number of aromatic amines is 1. The lowest BCUT2D eigenvalue weighted by atomic mass is 9.92. The molecule has 0 spiro atoms. The second kappa shape index (κ2) is 9.92. The molecule has 1 aromatic carbocycles. The van der Waals surface area contributed by atoms with Crippen LogP contribution in [0.15, 0.2) is 50.4 Å². The Morgan fingerprint density at radius 2 is 1.94 bits per heavy atom. The lowest BCUT2D eigenvalue weighted by Gasteiger charge is -2.32. The summed E-state index contributed by atoms with van der Waals surface area (Å²) in [7, 11) is 1.22. The topological polar surface area (TPSA) is 133 Å². The van der Waals surface area contributed by atoms with Crippen LogP contribution in [0.1, 0.15) is 29.4 Å². The van der Waals surface area contributed by atoms with Crippen molar-refractivity contribution < 1.29 is 23.8 Å². The maximum absolute atomic E-state index is 12.9. The zero-order valence-electron chi connectivity index (χ0n) is 18.7. The number of pyridine rings is 1. The van der Waals surface area contributed by atoms with Gasteiger partial charge in [-0.2, -0.15) is 0 Å². The lowest BCUT2D eigenvalue weighted by molar-refractivity contribution is -0.141. The third kappa shape index (κ3) is 4.86. The summed E-state index contributed by atoms with van der Waals surface area (Å²) in [5, 5.41) is 11.3. The molecule has 4 rings (SSSR count). The molecule has 34 heavy (non-hydrogen) atoms. The van der Waals surface area contributed by atoms with E-state index in [0.29, 0.717) is 31.7 Å². The van der Waals surface area contributed by atoms with Gasteiger partial charge < -0.3 is 24.1 Å². The number of carbonyl (C=O) groups is 2. The third-order valence-electron chi connectivity index (χ3n) is 6.01. The number of nitrogens with zero attached hydrogens (tertiary/aromatic N) is 2. The SMILES string of the molecule is COC(=O)C[C@@H](c1oc(CN2CCN(C=O)CC2)cc(=O)c1O)c1cc2ccccc2[nH]c1=O. The van der Waals surface area contributed by atoms with Gasteiger partial charge >= 0.3 is 5.97 Å². The van der Waals surface area contributed by atoms with Crippen LogP contribution in [0.25, 0.3) is 10.9 Å². The van der Waals surface area contributed by atoms with Crippen LogP contribution in [0.4, 0.5) is 0 Å². The number of hydrogen-bond donors (Lipinski definition) is 2. The van der Waals surface area contributed by atoms with Gasteiger partial charge in [-0.3, -0.25) is 24.1 Å². The summed E-state index contributed by atoms with van der Waals surface area (Å²) in [6, 6.07) is 9.96. The summed E-state index contributed by atoms with van der Waals surface area (Å²) in [6.07, 6.45) is 0.491. The van der Waals surface area contributed by atoms with E-state index >= 15 is 0 Å². The molecule has 178 valence electrons. The van der Waals surface area contributed by atoms with Gasteiger partial charge in [0, 0.05) is 43.3 Å². The number of fused-ring (bicyclic) bond motifs is 1. The molecule has 2 aromatic heterocycles. The molecule has 0 unspecified atom stereocenters. The molecule has 2 N–H and O–H groups in total. The van der Waals surface area contributed by atoms with E-state index in [4.69, 9.17) is 9.15 Å². The largest absolute Gasteiger partial charge is 0.502 e. The number of hydrogen-bond acceptors (Lipinski definition) is 8. The number of benzene rings is 1. The van der Waals surface area contributed by atoms with Crippen molar-refractivity contribution in [1.82, 2.24) is 14.8 Å². The highest BCUT2D eigenvalue weighted by molar-refractivity contribution is 5.79. The number of nitrogens with one attached hydrogen (secondary N) is 1. The molecule has 10 heteroatoms. The van der Waals surface area contributed by atoms with E-state index in [0.717, 1.165) is 11.8 Å². The first kappa shape index (κ1) is 23.2. The van der Waals surface area contributed by atoms with Crippen LogP contribution in [-0.4, -0.2) is 65.6 Å². The minimum atomic E-state index is -1.04. The lowest BCUT2D eigenvalue weighted by Crippen LogP contribution is -2.45. The van der Waals surface area contributed by atoms with E-state index in [1.807, 2.05) is 11.0 Å². The van der Waals surface area contributed by atoms with Gasteiger partial charge in [0.05, 0.1) is 26.0 Å². The van der Waals surface area contributed by atoms with Crippen LogP contribution in [0.5, 0.6) is 5.75 Å². The number of aromatic nitrogens is 1. The Bertz CT molecular complexity index is 1320. The van der Waals surface area contributed by atoms with Crippen molar-refractivity contribution in [2.24, 2.45) is 0 Å². The predicted molar refractivity (Wildman–Crippen MR) is 123 cm³/mol. The number of para-hydroxylation sites is 1. The first-order valence-corrected chi connectivity index (χ1v) is 10.9. The number of methoxy groups -OCH3 is 1. The van der Waals surface area contributed by atoms with E-state index < -0.39 is 28.6 Å². The Morgan fingerprint density at radius 1 is 1.21 bits per heavy atom. The molecule has 1 aliphatic heterocycles. The van der Waals surface area contributed by atoms with Crippen LogP contribution in [0.3, 0.4) is 0 Å². The van der Waals surface area contributed by atoms with E-state index in [2.05, 4.69) is 4.98 Å². The summed E-state index contributed by atoms with van der Waals surface area (Å²) < 4.78 is 10.7. The molecule has 1 aliphatic rings. The van der Waals surface area contributed by atoms with E-state index in [1.165, 1.54) is 13.2 Å². The second-order valence-electron chi connectivity index (χ2n) is 8.18. The third-order valence-corrected chi connectivity index (χ3v) is 6.01. The smallest absolute Gasteiger partial charge is 0.306 e. The van der Waals surface area contributed by atoms with Gasteiger partial charge in [-0.25, -0.2) is 0 Å². The fraction of sp³-hybridized carbons (Fsp3) is 0.333. The maximum Gasteiger partial charge on any atom is 0.306 e. The highest BCUT2D eigenvalue weighted by Gasteiger charge is 2.29. The van der Waals surface area contributed by atoms with Gasteiger partial charge in [-0.15, -0.1) is 0 Å². The molecular formula is C24H25N3O7. The molecule has 10 nitrogen and oxygen atoms in total. The summed E-state index contributed by atoms with van der Waals surface area (Å²) in [5.74, 6) is -2.21. The number of aromatic hydroxyl groups is 1. The number of carbonyl (C=O) groups excluding carboxylic acids is 2. The number of H-pyrrole nitrogens is 1. The first-order chi connectivity index (χ1) is 16.4. The van der Waals surface area contributed by atoms with Crippen molar-refractivity contribution in [3.05, 3.63) is 74.1 Å². The van der Waals surface area contributed by atoms with Crippen molar-refractivity contribution in [3.63, 3.8) is 0 Å². The highest BCUT2D eigenvalue weighted by Crippen LogP contribution is 2.33. The summed E-state index contributed by atoms with van der Waals surface area (Å²) in [6.45, 7) is 2.56. The standard InChI is InChI=1S/C24H25N3O7/c1-33-21(30)12-17(18-10-15-4-2-3-5-19(15)25-24(18)32)23-22(31)20(29)11-16(34-23)13-26-6-8-27(14-28)9-7-26/h2-5,10-11,14,17,31H,6-9,12-13H2,1H3,(H,25,32)/t17-/m1/s1. The van der Waals surface area contributed by atoms with Crippen LogP contribution in [-0.2, 0) is 20.9 Å². The van der Waals surface area contributed by atoms with Crippen LogP contribution < -0.4 is 11.0 Å². The number of ether oxygens (including phenoxy) is 1. The predicted octanol–water partition coefficient (Wildman–Crippen LogP) is 1.16. The molecule has 1 amide bonds. The van der Waals surface area contributed by atoms with Gasteiger partial charge in [-0.05, 0) is 17.5 Å². The van der Waals surface area contributed by atoms with Crippen LogP contribution in [0.2, 0.25) is 0 Å². The number of rotatable bonds is 7. The summed E-state index contributed by atoms with van der Waals surface area (Å²) in [4.78, 5) is 55.1. The Hall–Kier alpha value is -3.92. The molecule has 1 fully saturated rings. The number of piperazine rings is 1. The second-order valence-corrected chi connectivity index (χ2v) is 8.18. The fourth-order valence-electron chi connectivity index (χ4n) is 4.13. The Labute approximate surface area is 194 Å². The maximum atomic E-state index is 12.9. The molecule has 1 atom stereocenters. The molecule has 3 aromatic rings. The molecule has 0 bridgehead atoms. The molecule has 0 saturated carbocycles. The van der Waals surface area contributed by atoms with Gasteiger partial charge in [0.1, 0.15) is 5.76 Å². The molecule has 0 aliphatic carbocycles. The first-order valence-electron chi connectivity index (χ1n) is 10.9. The van der Waals surface area contributed by atoms with Crippen molar-refractivity contribution in [3.8, 4) is 5.75 Å². The average molecular weight is 467 g/mol.